The number of para-hydroxylation sites is 2. The van der Waals surface area contributed by atoms with Gasteiger partial charge >= 0.3 is 0 Å². The van der Waals surface area contributed by atoms with Crippen molar-refractivity contribution in [1.82, 2.24) is 9.97 Å². The Bertz CT molecular complexity index is 746. The van der Waals surface area contributed by atoms with Crippen molar-refractivity contribution in [3.63, 3.8) is 0 Å². The summed E-state index contributed by atoms with van der Waals surface area (Å²) in [6.45, 7) is 6.21. The highest BCUT2D eigenvalue weighted by molar-refractivity contribution is 5.76. The molecule has 0 amide bonds. The van der Waals surface area contributed by atoms with E-state index in [1.807, 2.05) is 38.1 Å². The van der Waals surface area contributed by atoms with Gasteiger partial charge in [0.25, 0.3) is 0 Å². The van der Waals surface area contributed by atoms with E-state index in [0.717, 1.165) is 41.9 Å². The number of fused-ring (bicyclic) bond motifs is 1. The van der Waals surface area contributed by atoms with Gasteiger partial charge in [0.15, 0.2) is 5.82 Å². The number of anilines is 1. The predicted molar refractivity (Wildman–Crippen MR) is 94.2 cm³/mol. The molecule has 0 bridgehead atoms. The standard InChI is InChI=1S/C19H25N3O2/c1-13-18(21-16-7-4-3-6-15(16)20-13)22-10-5-8-17(22)14-12-24-11-9-19(14,2)23/h3-4,6-7,14,17,23H,5,8-12H2,1-2H3/t14-,17-,19-/m1/s1. The van der Waals surface area contributed by atoms with Crippen LogP contribution in [0.15, 0.2) is 24.3 Å². The molecular formula is C19H25N3O2. The number of ether oxygens (including phenoxy) is 1. The SMILES string of the molecule is Cc1nc2ccccc2nc1N1CCC[C@@H]1[C@H]1COCC[C@@]1(C)O. The van der Waals surface area contributed by atoms with Gasteiger partial charge in [-0.25, -0.2) is 9.97 Å². The van der Waals surface area contributed by atoms with E-state index in [4.69, 9.17) is 14.7 Å². The molecule has 4 rings (SSSR count). The summed E-state index contributed by atoms with van der Waals surface area (Å²) in [7, 11) is 0. The molecule has 1 aromatic carbocycles. The third kappa shape index (κ3) is 2.66. The van der Waals surface area contributed by atoms with Gasteiger partial charge in [0.05, 0.1) is 28.9 Å². The first-order valence-corrected chi connectivity index (χ1v) is 8.86. The number of aryl methyl sites for hydroxylation is 1. The number of aliphatic hydroxyl groups is 1. The molecule has 128 valence electrons. The van der Waals surface area contributed by atoms with Crippen LogP contribution in [0, 0.1) is 12.8 Å². The molecule has 0 aliphatic carbocycles. The van der Waals surface area contributed by atoms with Crippen LogP contribution in [-0.4, -0.2) is 46.5 Å². The van der Waals surface area contributed by atoms with Crippen molar-refractivity contribution in [3.8, 4) is 0 Å². The first-order valence-electron chi connectivity index (χ1n) is 8.86. The molecule has 2 saturated heterocycles. The average Bonchev–Trinajstić information content (AvgIpc) is 3.02. The third-order valence-corrected chi connectivity index (χ3v) is 5.60. The zero-order valence-corrected chi connectivity index (χ0v) is 14.4. The summed E-state index contributed by atoms with van der Waals surface area (Å²) in [5.74, 6) is 1.07. The molecule has 2 fully saturated rings. The number of nitrogens with zero attached hydrogens (tertiary/aromatic N) is 3. The molecule has 24 heavy (non-hydrogen) atoms. The maximum atomic E-state index is 10.9. The molecule has 0 radical (unpaired) electrons. The highest BCUT2D eigenvalue weighted by atomic mass is 16.5. The van der Waals surface area contributed by atoms with Crippen LogP contribution in [0.2, 0.25) is 0 Å². The molecule has 2 aliphatic heterocycles. The second kappa shape index (κ2) is 5.97. The first-order chi connectivity index (χ1) is 11.6. The second-order valence-corrected chi connectivity index (χ2v) is 7.31. The summed E-state index contributed by atoms with van der Waals surface area (Å²) in [6.07, 6.45) is 2.88. The number of hydrogen-bond acceptors (Lipinski definition) is 5. The van der Waals surface area contributed by atoms with Crippen LogP contribution in [-0.2, 0) is 4.74 Å². The topological polar surface area (TPSA) is 58.5 Å². The van der Waals surface area contributed by atoms with Crippen molar-refractivity contribution in [2.24, 2.45) is 5.92 Å². The smallest absolute Gasteiger partial charge is 0.151 e. The Morgan fingerprint density at radius 2 is 2.00 bits per heavy atom. The third-order valence-electron chi connectivity index (χ3n) is 5.60. The predicted octanol–water partition coefficient (Wildman–Crippen LogP) is 2.69. The van der Waals surface area contributed by atoms with Gasteiger partial charge in [-0.15, -0.1) is 0 Å². The molecule has 3 atom stereocenters. The number of hydrogen-bond donors (Lipinski definition) is 1. The van der Waals surface area contributed by atoms with E-state index >= 15 is 0 Å². The molecule has 0 unspecified atom stereocenters. The molecule has 0 spiro atoms. The van der Waals surface area contributed by atoms with Crippen molar-refractivity contribution < 1.29 is 9.84 Å². The summed E-state index contributed by atoms with van der Waals surface area (Å²) in [6, 6.07) is 8.26. The monoisotopic (exact) mass is 327 g/mol. The van der Waals surface area contributed by atoms with Crippen LogP contribution in [0.3, 0.4) is 0 Å². The fourth-order valence-corrected chi connectivity index (χ4v) is 4.20. The molecule has 1 N–H and O–H groups in total. The summed E-state index contributed by atoms with van der Waals surface area (Å²) in [5.41, 5.74) is 2.14. The van der Waals surface area contributed by atoms with Gasteiger partial charge < -0.3 is 14.7 Å². The summed E-state index contributed by atoms with van der Waals surface area (Å²) >= 11 is 0. The quantitative estimate of drug-likeness (QED) is 0.919. The molecule has 5 nitrogen and oxygen atoms in total. The Morgan fingerprint density at radius 3 is 2.75 bits per heavy atom. The molecule has 2 aromatic rings. The average molecular weight is 327 g/mol. The van der Waals surface area contributed by atoms with Crippen LogP contribution in [0.5, 0.6) is 0 Å². The summed E-state index contributed by atoms with van der Waals surface area (Å²) < 4.78 is 5.69. The lowest BCUT2D eigenvalue weighted by atomic mass is 9.79. The van der Waals surface area contributed by atoms with Crippen LogP contribution < -0.4 is 4.90 Å². The van der Waals surface area contributed by atoms with Gasteiger partial charge in [0, 0.05) is 25.1 Å². The lowest BCUT2D eigenvalue weighted by Gasteiger charge is -2.43. The van der Waals surface area contributed by atoms with Crippen LogP contribution >= 0.6 is 0 Å². The maximum absolute atomic E-state index is 10.9. The number of benzene rings is 1. The molecule has 3 heterocycles. The Labute approximate surface area is 142 Å². The molecule has 0 saturated carbocycles. The highest BCUT2D eigenvalue weighted by Crippen LogP contribution is 2.38. The van der Waals surface area contributed by atoms with E-state index in [1.54, 1.807) is 0 Å². The van der Waals surface area contributed by atoms with Gasteiger partial charge in [0.2, 0.25) is 0 Å². The fourth-order valence-electron chi connectivity index (χ4n) is 4.20. The van der Waals surface area contributed by atoms with Crippen LogP contribution in [0.25, 0.3) is 11.0 Å². The zero-order chi connectivity index (χ0) is 16.7. The van der Waals surface area contributed by atoms with Gasteiger partial charge in [-0.2, -0.15) is 0 Å². The minimum Gasteiger partial charge on any atom is -0.390 e. The molecule has 5 heteroatoms. The maximum Gasteiger partial charge on any atom is 0.151 e. The Hall–Kier alpha value is -1.72. The van der Waals surface area contributed by atoms with Crippen molar-refractivity contribution >= 4 is 16.9 Å². The van der Waals surface area contributed by atoms with E-state index in [9.17, 15) is 5.11 Å². The minimum absolute atomic E-state index is 0.112. The number of aromatic nitrogens is 2. The molecule has 1 aromatic heterocycles. The lowest BCUT2D eigenvalue weighted by Crippen LogP contribution is -2.52. The Morgan fingerprint density at radius 1 is 1.25 bits per heavy atom. The van der Waals surface area contributed by atoms with Crippen molar-refractivity contribution in [1.29, 1.82) is 0 Å². The Kier molecular flexibility index (Phi) is 3.93. The highest BCUT2D eigenvalue weighted by Gasteiger charge is 2.44. The molecular weight excluding hydrogens is 302 g/mol. The number of rotatable bonds is 2. The van der Waals surface area contributed by atoms with E-state index in [-0.39, 0.29) is 12.0 Å². The van der Waals surface area contributed by atoms with Crippen molar-refractivity contribution in [2.75, 3.05) is 24.7 Å². The van der Waals surface area contributed by atoms with Crippen molar-refractivity contribution in [2.45, 2.75) is 44.8 Å². The normalized spacial score (nSPS) is 30.9. The van der Waals surface area contributed by atoms with Gasteiger partial charge in [-0.05, 0) is 45.2 Å². The van der Waals surface area contributed by atoms with Crippen LogP contribution in [0.4, 0.5) is 5.82 Å². The van der Waals surface area contributed by atoms with Gasteiger partial charge in [0.1, 0.15) is 0 Å². The second-order valence-electron chi connectivity index (χ2n) is 7.31. The minimum atomic E-state index is -0.677. The summed E-state index contributed by atoms with van der Waals surface area (Å²) in [4.78, 5) is 12.0. The van der Waals surface area contributed by atoms with Gasteiger partial charge in [-0.3, -0.25) is 0 Å². The van der Waals surface area contributed by atoms with E-state index in [0.29, 0.717) is 19.6 Å². The van der Waals surface area contributed by atoms with E-state index < -0.39 is 5.60 Å². The lowest BCUT2D eigenvalue weighted by molar-refractivity contribution is -0.108. The fraction of sp³-hybridized carbons (Fsp3) is 0.579. The van der Waals surface area contributed by atoms with Crippen LogP contribution in [0.1, 0.15) is 31.9 Å². The Balaban J connectivity index is 1.71. The van der Waals surface area contributed by atoms with Gasteiger partial charge in [-0.1, -0.05) is 12.1 Å². The zero-order valence-electron chi connectivity index (χ0n) is 14.4. The molecule has 2 aliphatic rings. The largest absolute Gasteiger partial charge is 0.390 e. The van der Waals surface area contributed by atoms with E-state index in [2.05, 4.69) is 4.90 Å². The van der Waals surface area contributed by atoms with E-state index in [1.165, 1.54) is 0 Å². The van der Waals surface area contributed by atoms with Crippen molar-refractivity contribution in [3.05, 3.63) is 30.0 Å². The summed E-state index contributed by atoms with van der Waals surface area (Å²) in [5, 5.41) is 10.9. The first kappa shape index (κ1) is 15.8.